The first-order valence-electron chi connectivity index (χ1n) is 12.1. The Bertz CT molecular complexity index is 1030. The van der Waals surface area contributed by atoms with E-state index in [9.17, 15) is 9.59 Å². The smallest absolute Gasteiger partial charge is 0.308 e. The maximum absolute atomic E-state index is 13.4. The summed E-state index contributed by atoms with van der Waals surface area (Å²) in [5.41, 5.74) is 4.48. The molecule has 1 saturated heterocycles. The van der Waals surface area contributed by atoms with Crippen molar-refractivity contribution in [3.63, 3.8) is 0 Å². The maximum Gasteiger partial charge on any atom is 0.308 e. The summed E-state index contributed by atoms with van der Waals surface area (Å²) in [4.78, 5) is 31.0. The van der Waals surface area contributed by atoms with Crippen LogP contribution in [0.5, 0.6) is 5.75 Å². The number of piperidine rings is 1. The Balaban J connectivity index is 1.27. The lowest BCUT2D eigenvalue weighted by molar-refractivity contribution is -0.147. The van der Waals surface area contributed by atoms with Crippen molar-refractivity contribution < 1.29 is 19.1 Å². The predicted octanol–water partition coefficient (Wildman–Crippen LogP) is 4.05. The fraction of sp³-hybridized carbons (Fsp3) is 0.538. The number of thiophene rings is 1. The zero-order valence-electron chi connectivity index (χ0n) is 19.3. The molecule has 1 aromatic heterocycles. The van der Waals surface area contributed by atoms with Crippen molar-refractivity contribution >= 4 is 23.2 Å². The van der Waals surface area contributed by atoms with E-state index in [1.54, 1.807) is 11.3 Å². The first-order chi connectivity index (χ1) is 16.1. The molecule has 0 unspecified atom stereocenters. The first kappa shape index (κ1) is 22.4. The SMILES string of the molecule is COC(=O)C1CCN(Cc2ccc3c(c2)CN(C(=O)c2csc4c2CCCC4)CCO3)CC1. The highest BCUT2D eigenvalue weighted by Gasteiger charge is 2.28. The van der Waals surface area contributed by atoms with Crippen LogP contribution in [0.15, 0.2) is 23.6 Å². The number of hydrogen-bond acceptors (Lipinski definition) is 6. The van der Waals surface area contributed by atoms with Gasteiger partial charge in [0.2, 0.25) is 0 Å². The van der Waals surface area contributed by atoms with Gasteiger partial charge in [0.05, 0.1) is 25.1 Å². The molecule has 0 bridgehead atoms. The van der Waals surface area contributed by atoms with Gasteiger partial charge in [-0.1, -0.05) is 6.07 Å². The van der Waals surface area contributed by atoms with Crippen molar-refractivity contribution in [3.8, 4) is 5.75 Å². The third kappa shape index (κ3) is 4.80. The topological polar surface area (TPSA) is 59.1 Å². The Morgan fingerprint density at radius 3 is 2.79 bits per heavy atom. The van der Waals surface area contributed by atoms with E-state index in [-0.39, 0.29) is 17.8 Å². The molecule has 2 aromatic rings. The van der Waals surface area contributed by atoms with E-state index in [0.717, 1.165) is 62.2 Å². The van der Waals surface area contributed by atoms with Crippen LogP contribution >= 0.6 is 11.3 Å². The van der Waals surface area contributed by atoms with Crippen LogP contribution < -0.4 is 4.74 Å². The minimum absolute atomic E-state index is 0.0223. The van der Waals surface area contributed by atoms with Gasteiger partial charge in [0.1, 0.15) is 12.4 Å². The second kappa shape index (κ2) is 9.85. The number of methoxy groups -OCH3 is 1. The number of aryl methyl sites for hydroxylation is 1. The summed E-state index contributed by atoms with van der Waals surface area (Å²) < 4.78 is 10.9. The summed E-state index contributed by atoms with van der Waals surface area (Å²) in [7, 11) is 1.47. The highest BCUT2D eigenvalue weighted by molar-refractivity contribution is 7.10. The number of carbonyl (C=O) groups excluding carboxylic acids is 2. The standard InChI is InChI=1S/C26H32N2O4S/c1-31-26(30)19-8-10-27(11-9-19)15-18-6-7-23-20(14-18)16-28(12-13-32-23)25(29)22-17-33-24-5-3-2-4-21(22)24/h6-7,14,17,19H,2-5,8-13,15-16H2,1H3. The minimum atomic E-state index is -0.0894. The van der Waals surface area contributed by atoms with Gasteiger partial charge in [-0.15, -0.1) is 11.3 Å². The third-order valence-corrected chi connectivity index (χ3v) is 8.30. The molecular weight excluding hydrogens is 436 g/mol. The van der Waals surface area contributed by atoms with Gasteiger partial charge < -0.3 is 14.4 Å². The van der Waals surface area contributed by atoms with Gasteiger partial charge in [-0.05, 0) is 74.9 Å². The largest absolute Gasteiger partial charge is 0.491 e. The highest BCUT2D eigenvalue weighted by atomic mass is 32.1. The molecule has 7 heteroatoms. The number of nitrogens with zero attached hydrogens (tertiary/aromatic N) is 2. The number of benzene rings is 1. The number of carbonyl (C=O) groups is 2. The number of esters is 1. The van der Waals surface area contributed by atoms with E-state index in [1.165, 1.54) is 36.0 Å². The molecule has 0 N–H and O–H groups in total. The zero-order valence-corrected chi connectivity index (χ0v) is 20.1. The van der Waals surface area contributed by atoms with Gasteiger partial charge in [-0.3, -0.25) is 14.5 Å². The molecule has 0 saturated carbocycles. The van der Waals surface area contributed by atoms with Crippen molar-refractivity contribution in [3.05, 3.63) is 50.7 Å². The molecule has 3 aliphatic rings. The summed E-state index contributed by atoms with van der Waals surface area (Å²) in [6.07, 6.45) is 6.23. The van der Waals surface area contributed by atoms with Gasteiger partial charge in [-0.25, -0.2) is 0 Å². The molecule has 0 spiro atoms. The molecule has 33 heavy (non-hydrogen) atoms. The molecule has 1 fully saturated rings. The fourth-order valence-corrected chi connectivity index (χ4v) is 6.43. The van der Waals surface area contributed by atoms with Crippen LogP contribution in [0.2, 0.25) is 0 Å². The molecule has 1 aromatic carbocycles. The van der Waals surface area contributed by atoms with Gasteiger partial charge in [0, 0.05) is 28.9 Å². The lowest BCUT2D eigenvalue weighted by Crippen LogP contribution is -2.36. The lowest BCUT2D eigenvalue weighted by atomic mass is 9.95. The van der Waals surface area contributed by atoms with Gasteiger partial charge >= 0.3 is 5.97 Å². The summed E-state index contributed by atoms with van der Waals surface area (Å²) in [5, 5.41) is 2.07. The van der Waals surface area contributed by atoms with E-state index >= 15 is 0 Å². The quantitative estimate of drug-likeness (QED) is 0.634. The van der Waals surface area contributed by atoms with Gasteiger partial charge in [0.25, 0.3) is 5.91 Å². The van der Waals surface area contributed by atoms with E-state index in [4.69, 9.17) is 9.47 Å². The van der Waals surface area contributed by atoms with Crippen LogP contribution in [-0.2, 0) is 35.5 Å². The van der Waals surface area contributed by atoms with E-state index in [1.807, 2.05) is 11.0 Å². The van der Waals surface area contributed by atoms with E-state index in [0.29, 0.717) is 19.7 Å². The summed E-state index contributed by atoms with van der Waals surface area (Å²) >= 11 is 1.75. The Labute approximate surface area is 199 Å². The molecule has 176 valence electrons. The molecule has 0 atom stereocenters. The Morgan fingerprint density at radius 1 is 1.15 bits per heavy atom. The molecule has 3 heterocycles. The van der Waals surface area contributed by atoms with Crippen molar-refractivity contribution in [2.75, 3.05) is 33.4 Å². The fourth-order valence-electron chi connectivity index (χ4n) is 5.31. The average molecular weight is 469 g/mol. The van der Waals surface area contributed by atoms with Crippen LogP contribution in [0.1, 0.15) is 57.6 Å². The summed E-state index contributed by atoms with van der Waals surface area (Å²) in [6.45, 7) is 4.33. The van der Waals surface area contributed by atoms with Crippen LogP contribution in [0.3, 0.4) is 0 Å². The molecular formula is C26H32N2O4S. The van der Waals surface area contributed by atoms with Crippen molar-refractivity contribution in [1.29, 1.82) is 0 Å². The molecule has 1 amide bonds. The van der Waals surface area contributed by atoms with E-state index in [2.05, 4.69) is 22.4 Å². The highest BCUT2D eigenvalue weighted by Crippen LogP contribution is 2.32. The van der Waals surface area contributed by atoms with Crippen LogP contribution in [0.25, 0.3) is 0 Å². The normalized spacial score (nSPS) is 19.2. The molecule has 2 aliphatic heterocycles. The molecule has 6 nitrogen and oxygen atoms in total. The predicted molar refractivity (Wildman–Crippen MR) is 128 cm³/mol. The molecule has 0 radical (unpaired) electrons. The lowest BCUT2D eigenvalue weighted by Gasteiger charge is -2.30. The van der Waals surface area contributed by atoms with Gasteiger partial charge in [0.15, 0.2) is 0 Å². The zero-order chi connectivity index (χ0) is 22.8. The van der Waals surface area contributed by atoms with Gasteiger partial charge in [-0.2, -0.15) is 0 Å². The van der Waals surface area contributed by atoms with E-state index < -0.39 is 0 Å². The van der Waals surface area contributed by atoms with Crippen LogP contribution in [0.4, 0.5) is 0 Å². The number of rotatable bonds is 4. The number of likely N-dealkylation sites (tertiary alicyclic amines) is 1. The second-order valence-electron chi connectivity index (χ2n) is 9.35. The maximum atomic E-state index is 13.4. The molecule has 1 aliphatic carbocycles. The summed E-state index contributed by atoms with van der Waals surface area (Å²) in [6, 6.07) is 6.36. The van der Waals surface area contributed by atoms with Crippen LogP contribution in [-0.4, -0.2) is 55.0 Å². The van der Waals surface area contributed by atoms with Crippen LogP contribution in [0, 0.1) is 5.92 Å². The number of hydrogen-bond donors (Lipinski definition) is 0. The Hall–Kier alpha value is -2.38. The second-order valence-corrected chi connectivity index (χ2v) is 10.3. The third-order valence-electron chi connectivity index (χ3n) is 7.21. The monoisotopic (exact) mass is 468 g/mol. The molecule has 5 rings (SSSR count). The van der Waals surface area contributed by atoms with Crippen molar-refractivity contribution in [2.45, 2.75) is 51.6 Å². The average Bonchev–Trinajstić information content (AvgIpc) is 3.16. The van der Waals surface area contributed by atoms with Crippen molar-refractivity contribution in [2.24, 2.45) is 5.92 Å². The number of ether oxygens (including phenoxy) is 2. The first-order valence-corrected chi connectivity index (χ1v) is 12.9. The number of amides is 1. The Kier molecular flexibility index (Phi) is 6.69. The van der Waals surface area contributed by atoms with Crippen molar-refractivity contribution in [1.82, 2.24) is 9.80 Å². The Morgan fingerprint density at radius 2 is 1.97 bits per heavy atom. The summed E-state index contributed by atoms with van der Waals surface area (Å²) in [5.74, 6) is 0.953. The number of fused-ring (bicyclic) bond motifs is 2. The minimum Gasteiger partial charge on any atom is -0.491 e.